The van der Waals surface area contributed by atoms with Crippen LogP contribution < -0.4 is 10.9 Å². The highest BCUT2D eigenvalue weighted by molar-refractivity contribution is 7.80. The second-order valence-corrected chi connectivity index (χ2v) is 7.13. The number of amides is 2. The van der Waals surface area contributed by atoms with Gasteiger partial charge in [-0.2, -0.15) is 0 Å². The maximum atomic E-state index is 11.9. The smallest absolute Gasteiger partial charge is 0.248 e. The quantitative estimate of drug-likeness (QED) is 0.453. The van der Waals surface area contributed by atoms with Crippen molar-refractivity contribution < 1.29 is 9.59 Å². The molecule has 0 bridgehead atoms. The first kappa shape index (κ1) is 18.1. The number of hydrazine groups is 2. The Bertz CT molecular complexity index is 460. The number of carbonyl (C=O) groups is 2. The predicted molar refractivity (Wildman–Crippen MR) is 96.3 cm³/mol. The number of nitrogens with one attached hydrogen (secondary N) is 2. The fourth-order valence-electron chi connectivity index (χ4n) is 2.57. The van der Waals surface area contributed by atoms with E-state index >= 15 is 0 Å². The molecule has 2 saturated carbocycles. The van der Waals surface area contributed by atoms with Gasteiger partial charge in [-0.3, -0.25) is 30.5 Å². The second-order valence-electron chi connectivity index (χ2n) is 6.30. The summed E-state index contributed by atoms with van der Waals surface area (Å²) in [4.78, 5) is 25.3. The van der Waals surface area contributed by atoms with E-state index in [4.69, 9.17) is 24.4 Å². The number of hydrogen-bond donors (Lipinski definition) is 2. The third-order valence-corrected chi connectivity index (χ3v) is 5.69. The highest BCUT2D eigenvalue weighted by Crippen LogP contribution is 2.29. The van der Waals surface area contributed by atoms with Crippen LogP contribution in [0.5, 0.6) is 0 Å². The molecule has 0 aromatic carbocycles. The minimum absolute atomic E-state index is 0.255. The van der Waals surface area contributed by atoms with Crippen molar-refractivity contribution in [1.82, 2.24) is 20.9 Å². The normalized spacial score (nSPS) is 17.5. The summed E-state index contributed by atoms with van der Waals surface area (Å²) < 4.78 is 0. The Morgan fingerprint density at radius 1 is 0.870 bits per heavy atom. The molecule has 6 nitrogen and oxygen atoms in total. The molecule has 0 aromatic heterocycles. The molecular weight excluding hydrogens is 332 g/mol. The molecule has 2 aliphatic carbocycles. The first-order valence-corrected chi connectivity index (χ1v) is 8.84. The number of rotatable bonds is 4. The summed E-state index contributed by atoms with van der Waals surface area (Å²) in [5.74, 6) is -0.0190. The van der Waals surface area contributed by atoms with E-state index < -0.39 is 0 Å². The van der Waals surface area contributed by atoms with Crippen molar-refractivity contribution >= 4 is 46.2 Å². The van der Waals surface area contributed by atoms with E-state index in [2.05, 4.69) is 10.9 Å². The molecule has 23 heavy (non-hydrogen) atoms. The van der Waals surface area contributed by atoms with Crippen molar-refractivity contribution in [2.45, 2.75) is 44.9 Å². The Kier molecular flexibility index (Phi) is 6.29. The zero-order chi connectivity index (χ0) is 17.0. The second kappa shape index (κ2) is 8.01. The number of nitrogens with zero attached hydrogens (tertiary/aromatic N) is 2. The number of carbonyl (C=O) groups excluding carboxylic acids is 2. The van der Waals surface area contributed by atoms with Gasteiger partial charge in [-0.25, -0.2) is 0 Å². The zero-order valence-corrected chi connectivity index (χ0v) is 15.3. The van der Waals surface area contributed by atoms with Gasteiger partial charge in [-0.05, 0) is 25.7 Å². The molecular formula is C15H24N4O2S2. The molecule has 2 fully saturated rings. The number of thiocarbonyl (C=S) groups is 2. The maximum absolute atomic E-state index is 11.9. The minimum atomic E-state index is -0.380. The Morgan fingerprint density at radius 3 is 1.48 bits per heavy atom. The summed E-state index contributed by atoms with van der Waals surface area (Å²) in [6.07, 6.45) is 6.40. The van der Waals surface area contributed by atoms with Gasteiger partial charge >= 0.3 is 0 Å². The fraction of sp³-hybridized carbons (Fsp3) is 0.733. The topological polar surface area (TPSA) is 64.7 Å². The van der Waals surface area contributed by atoms with Crippen LogP contribution in [0.1, 0.15) is 44.9 Å². The summed E-state index contributed by atoms with van der Waals surface area (Å²) in [6.45, 7) is 0. The first-order valence-electron chi connectivity index (χ1n) is 8.02. The largest absolute Gasteiger partial charge is 0.282 e. The van der Waals surface area contributed by atoms with Crippen molar-refractivity contribution in [2.24, 2.45) is 11.8 Å². The lowest BCUT2D eigenvalue weighted by Crippen LogP contribution is -2.50. The molecule has 0 radical (unpaired) electrons. The van der Waals surface area contributed by atoms with Gasteiger partial charge in [0, 0.05) is 25.9 Å². The van der Waals surface area contributed by atoms with E-state index in [9.17, 15) is 9.59 Å². The molecule has 2 rings (SSSR count). The van der Waals surface area contributed by atoms with Crippen LogP contribution in [0.15, 0.2) is 0 Å². The molecule has 0 spiro atoms. The van der Waals surface area contributed by atoms with Crippen molar-refractivity contribution in [3.05, 3.63) is 0 Å². The lowest BCUT2D eigenvalue weighted by atomic mass is 9.85. The maximum Gasteiger partial charge on any atom is 0.248 e. The summed E-state index contributed by atoms with van der Waals surface area (Å²) in [6, 6.07) is 0. The first-order chi connectivity index (χ1) is 10.9. The molecule has 0 aromatic rings. The predicted octanol–water partition coefficient (Wildman–Crippen LogP) is 1.56. The highest BCUT2D eigenvalue weighted by atomic mass is 32.1. The summed E-state index contributed by atoms with van der Waals surface area (Å²) >= 11 is 10.6. The van der Waals surface area contributed by atoms with E-state index in [1.165, 1.54) is 12.8 Å². The molecule has 0 atom stereocenters. The van der Waals surface area contributed by atoms with E-state index in [1.54, 1.807) is 24.1 Å². The van der Waals surface area contributed by atoms with Crippen LogP contribution in [0.3, 0.4) is 0 Å². The van der Waals surface area contributed by atoms with Gasteiger partial charge in [0.25, 0.3) is 0 Å². The molecule has 2 amide bonds. The van der Waals surface area contributed by atoms with Gasteiger partial charge in [0.05, 0.1) is 9.98 Å². The van der Waals surface area contributed by atoms with Crippen LogP contribution in [-0.2, 0) is 9.59 Å². The van der Waals surface area contributed by atoms with Crippen LogP contribution >= 0.6 is 24.4 Å². The lowest BCUT2D eigenvalue weighted by molar-refractivity contribution is -0.132. The van der Waals surface area contributed by atoms with Crippen LogP contribution in [-0.4, -0.2) is 45.9 Å². The third-order valence-electron chi connectivity index (χ3n) is 4.48. The summed E-state index contributed by atoms with van der Waals surface area (Å²) in [5, 5.41) is 3.11. The monoisotopic (exact) mass is 356 g/mol. The Balaban J connectivity index is 1.70. The van der Waals surface area contributed by atoms with Crippen molar-refractivity contribution in [3.8, 4) is 0 Å². The van der Waals surface area contributed by atoms with Crippen molar-refractivity contribution in [3.63, 3.8) is 0 Å². The third kappa shape index (κ3) is 4.84. The molecule has 0 heterocycles. The standard InChI is InChI=1S/C15H24N4O2S2/c1-18(14(22)10-5-3-6-10)16-12(20)9-13(21)17-19(2)15(23)11-7-4-8-11/h10-11H,3-9H2,1-2H3,(H,16,20)(H,17,21). The Labute approximate surface area is 147 Å². The highest BCUT2D eigenvalue weighted by Gasteiger charge is 2.27. The van der Waals surface area contributed by atoms with E-state index in [0.717, 1.165) is 35.7 Å². The molecule has 0 saturated heterocycles. The zero-order valence-electron chi connectivity index (χ0n) is 13.6. The minimum Gasteiger partial charge on any atom is -0.282 e. The Morgan fingerprint density at radius 2 is 1.22 bits per heavy atom. The van der Waals surface area contributed by atoms with Gasteiger partial charge in [-0.15, -0.1) is 0 Å². The molecule has 0 aliphatic heterocycles. The van der Waals surface area contributed by atoms with Gasteiger partial charge in [0.2, 0.25) is 11.8 Å². The van der Waals surface area contributed by atoms with Gasteiger partial charge in [-0.1, -0.05) is 37.3 Å². The van der Waals surface area contributed by atoms with Gasteiger partial charge < -0.3 is 0 Å². The number of hydrogen-bond acceptors (Lipinski definition) is 4. The average molecular weight is 357 g/mol. The van der Waals surface area contributed by atoms with Crippen molar-refractivity contribution in [1.29, 1.82) is 0 Å². The SMILES string of the molecule is CN(NC(=O)CC(=O)NN(C)C(=S)C1CCC1)C(=S)C1CCC1. The van der Waals surface area contributed by atoms with Crippen LogP contribution in [0.2, 0.25) is 0 Å². The molecule has 8 heteroatoms. The lowest BCUT2D eigenvalue weighted by Gasteiger charge is -2.32. The molecule has 128 valence electrons. The fourth-order valence-corrected chi connectivity index (χ4v) is 3.13. The van der Waals surface area contributed by atoms with Crippen LogP contribution in [0, 0.1) is 11.8 Å². The van der Waals surface area contributed by atoms with E-state index in [0.29, 0.717) is 11.8 Å². The van der Waals surface area contributed by atoms with Crippen LogP contribution in [0.25, 0.3) is 0 Å². The molecule has 2 N–H and O–H groups in total. The Hall–Kier alpha value is -1.28. The summed E-state index contributed by atoms with van der Waals surface area (Å²) in [7, 11) is 3.43. The van der Waals surface area contributed by atoms with Crippen LogP contribution in [0.4, 0.5) is 0 Å². The van der Waals surface area contributed by atoms with Crippen molar-refractivity contribution in [2.75, 3.05) is 14.1 Å². The summed E-state index contributed by atoms with van der Waals surface area (Å²) in [5.41, 5.74) is 5.30. The van der Waals surface area contributed by atoms with E-state index in [1.807, 2.05) is 0 Å². The molecule has 0 unspecified atom stereocenters. The average Bonchev–Trinajstić information content (AvgIpc) is 2.33. The van der Waals surface area contributed by atoms with Gasteiger partial charge in [0.15, 0.2) is 0 Å². The molecule has 2 aliphatic rings. The van der Waals surface area contributed by atoms with Gasteiger partial charge in [0.1, 0.15) is 6.42 Å². The van der Waals surface area contributed by atoms with E-state index in [-0.39, 0.29) is 18.2 Å².